The molecule has 0 bridgehead atoms. The molecule has 184 valence electrons. The Hall–Kier alpha value is -2.76. The molecular weight excluding hydrogens is 457 g/mol. The van der Waals surface area contributed by atoms with E-state index in [0.717, 1.165) is 32.8 Å². The number of benzene rings is 1. The number of ether oxygens (including phenoxy) is 1. The Morgan fingerprint density at radius 2 is 2.06 bits per heavy atom. The summed E-state index contributed by atoms with van der Waals surface area (Å²) < 4.78 is 21.0. The summed E-state index contributed by atoms with van der Waals surface area (Å²) in [6.07, 6.45) is 0. The number of anilines is 2. The number of hydrogen-bond acceptors (Lipinski definition) is 8. The third kappa shape index (κ3) is 6.02. The van der Waals surface area contributed by atoms with Crippen molar-refractivity contribution in [1.29, 1.82) is 0 Å². The van der Waals surface area contributed by atoms with E-state index in [2.05, 4.69) is 15.5 Å². The topological polar surface area (TPSA) is 87.0 Å². The van der Waals surface area contributed by atoms with Crippen LogP contribution in [-0.2, 0) is 9.53 Å². The van der Waals surface area contributed by atoms with E-state index in [9.17, 15) is 9.18 Å². The molecule has 11 heteroatoms. The first-order chi connectivity index (χ1) is 16.2. The van der Waals surface area contributed by atoms with Crippen LogP contribution in [0.5, 0.6) is 0 Å². The molecule has 0 saturated carbocycles. The highest BCUT2D eigenvalue weighted by Gasteiger charge is 2.23. The molecule has 2 aromatic heterocycles. The Bertz CT molecular complexity index is 1130. The van der Waals surface area contributed by atoms with Crippen LogP contribution in [0.25, 0.3) is 16.2 Å². The molecule has 0 unspecified atom stereocenters. The lowest BCUT2D eigenvalue weighted by molar-refractivity contribution is -0.119. The third-order valence-electron chi connectivity index (χ3n) is 5.35. The number of fused-ring (bicyclic) bond motifs is 1. The number of carbonyl (C=O) groups is 1. The molecule has 4 rings (SSSR count). The quantitative estimate of drug-likeness (QED) is 0.503. The van der Waals surface area contributed by atoms with Crippen molar-refractivity contribution in [2.75, 3.05) is 63.2 Å². The summed E-state index contributed by atoms with van der Waals surface area (Å²) in [5.74, 6) is 0.319. The van der Waals surface area contributed by atoms with Crippen LogP contribution in [0.1, 0.15) is 20.8 Å². The first kappa shape index (κ1) is 24.4. The summed E-state index contributed by atoms with van der Waals surface area (Å²) in [6.45, 7) is 11.0. The molecule has 0 aliphatic carbocycles. The Balaban J connectivity index is 1.47. The number of amides is 1. The average molecular weight is 490 g/mol. The predicted octanol–water partition coefficient (Wildman–Crippen LogP) is 2.69. The van der Waals surface area contributed by atoms with Gasteiger partial charge in [0.25, 0.3) is 0 Å². The van der Waals surface area contributed by atoms with Gasteiger partial charge in [0.15, 0.2) is 5.82 Å². The van der Waals surface area contributed by atoms with Gasteiger partial charge in [-0.1, -0.05) is 23.5 Å². The molecular formula is C23H32FN7O2S. The minimum atomic E-state index is -0.316. The zero-order valence-electron chi connectivity index (χ0n) is 20.1. The van der Waals surface area contributed by atoms with Gasteiger partial charge >= 0.3 is 0 Å². The van der Waals surface area contributed by atoms with Crippen molar-refractivity contribution in [2.45, 2.75) is 26.3 Å². The van der Waals surface area contributed by atoms with E-state index in [0.29, 0.717) is 33.7 Å². The molecule has 1 saturated heterocycles. The van der Waals surface area contributed by atoms with Crippen LogP contribution < -0.4 is 15.5 Å². The number of morpholine rings is 1. The van der Waals surface area contributed by atoms with Crippen molar-refractivity contribution in [3.8, 4) is 11.3 Å². The fourth-order valence-corrected chi connectivity index (χ4v) is 4.58. The number of likely N-dealkylation sites (N-methyl/N-ethyl adjacent to an activating group) is 1. The highest BCUT2D eigenvalue weighted by atomic mass is 32.1. The Morgan fingerprint density at radius 3 is 2.76 bits per heavy atom. The summed E-state index contributed by atoms with van der Waals surface area (Å²) in [7, 11) is 1.84. The van der Waals surface area contributed by atoms with Gasteiger partial charge in [0.05, 0.1) is 19.8 Å². The van der Waals surface area contributed by atoms with Gasteiger partial charge in [-0.2, -0.15) is 4.52 Å². The van der Waals surface area contributed by atoms with E-state index >= 15 is 0 Å². The van der Waals surface area contributed by atoms with E-state index < -0.39 is 0 Å². The molecule has 34 heavy (non-hydrogen) atoms. The van der Waals surface area contributed by atoms with Gasteiger partial charge in [0, 0.05) is 44.3 Å². The lowest BCUT2D eigenvalue weighted by Crippen LogP contribution is -2.43. The minimum Gasteiger partial charge on any atom is -0.379 e. The number of imidazole rings is 1. The first-order valence-electron chi connectivity index (χ1n) is 11.4. The van der Waals surface area contributed by atoms with Gasteiger partial charge in [0.1, 0.15) is 11.5 Å². The van der Waals surface area contributed by atoms with Crippen molar-refractivity contribution in [3.63, 3.8) is 0 Å². The van der Waals surface area contributed by atoms with E-state index in [1.54, 1.807) is 10.6 Å². The van der Waals surface area contributed by atoms with Crippen molar-refractivity contribution >= 4 is 33.2 Å². The molecule has 1 fully saturated rings. The van der Waals surface area contributed by atoms with Crippen LogP contribution in [0.4, 0.5) is 15.3 Å². The van der Waals surface area contributed by atoms with Gasteiger partial charge in [0.2, 0.25) is 16.0 Å². The summed E-state index contributed by atoms with van der Waals surface area (Å²) in [5, 5.41) is 11.8. The number of nitrogens with zero attached hydrogens (tertiary/aromatic N) is 5. The Kier molecular flexibility index (Phi) is 7.34. The minimum absolute atomic E-state index is 0.0583. The molecule has 1 amide bonds. The van der Waals surface area contributed by atoms with Gasteiger partial charge in [-0.3, -0.25) is 9.69 Å². The lowest BCUT2D eigenvalue weighted by Gasteiger charge is -2.26. The fraction of sp³-hybridized carbons (Fsp3) is 0.522. The predicted molar refractivity (Wildman–Crippen MR) is 133 cm³/mol. The number of aromatic nitrogens is 3. The molecule has 0 spiro atoms. The molecule has 2 N–H and O–H groups in total. The Morgan fingerprint density at radius 1 is 1.29 bits per heavy atom. The second kappa shape index (κ2) is 10.2. The molecule has 1 aliphatic heterocycles. The van der Waals surface area contributed by atoms with Crippen LogP contribution in [0.2, 0.25) is 0 Å². The molecule has 9 nitrogen and oxygen atoms in total. The third-order valence-corrected chi connectivity index (χ3v) is 6.37. The van der Waals surface area contributed by atoms with Crippen LogP contribution in [0.3, 0.4) is 0 Å². The summed E-state index contributed by atoms with van der Waals surface area (Å²) in [6, 6.07) is 6.38. The van der Waals surface area contributed by atoms with Crippen molar-refractivity contribution in [1.82, 2.24) is 24.8 Å². The standard InChI is InChI=1S/C23H32FN7O2S/c1-23(2,3)27-20-19(16-6-5-7-17(24)14-16)26-21-31(20)28-22(34-21)29(4)15-18(32)25-8-9-30-10-12-33-13-11-30/h5-7,14,27H,8-13,15H2,1-4H3,(H,25,32). The zero-order valence-corrected chi connectivity index (χ0v) is 20.9. The normalized spacial score (nSPS) is 15.0. The maximum absolute atomic E-state index is 13.9. The number of hydrogen-bond donors (Lipinski definition) is 2. The summed E-state index contributed by atoms with van der Waals surface area (Å²) in [5.41, 5.74) is 1.07. The smallest absolute Gasteiger partial charge is 0.239 e. The highest BCUT2D eigenvalue weighted by molar-refractivity contribution is 7.20. The second-order valence-electron chi connectivity index (χ2n) is 9.43. The number of carbonyl (C=O) groups excluding carboxylic acids is 1. The monoisotopic (exact) mass is 489 g/mol. The van der Waals surface area contributed by atoms with Crippen molar-refractivity contribution < 1.29 is 13.9 Å². The van der Waals surface area contributed by atoms with Crippen LogP contribution in [-0.4, -0.2) is 83.9 Å². The maximum Gasteiger partial charge on any atom is 0.239 e. The van der Waals surface area contributed by atoms with Crippen LogP contribution in [0, 0.1) is 5.82 Å². The van der Waals surface area contributed by atoms with Crippen molar-refractivity contribution in [2.24, 2.45) is 0 Å². The molecule has 3 heterocycles. The summed E-state index contributed by atoms with van der Waals surface area (Å²) in [4.78, 5) is 22.0. The molecule has 0 atom stereocenters. The number of rotatable bonds is 8. The maximum atomic E-state index is 13.9. The highest BCUT2D eigenvalue weighted by Crippen LogP contribution is 2.34. The first-order valence-corrected chi connectivity index (χ1v) is 12.2. The zero-order chi connectivity index (χ0) is 24.3. The van der Waals surface area contributed by atoms with Crippen LogP contribution in [0.15, 0.2) is 24.3 Å². The lowest BCUT2D eigenvalue weighted by atomic mass is 10.1. The summed E-state index contributed by atoms with van der Waals surface area (Å²) >= 11 is 1.38. The van der Waals surface area contributed by atoms with E-state index in [1.807, 2.05) is 38.8 Å². The molecule has 1 aromatic carbocycles. The average Bonchev–Trinajstić information content (AvgIpc) is 3.33. The second-order valence-corrected chi connectivity index (χ2v) is 10.4. The largest absolute Gasteiger partial charge is 0.379 e. The van der Waals surface area contributed by atoms with Gasteiger partial charge in [-0.05, 0) is 32.9 Å². The van der Waals surface area contributed by atoms with E-state index in [-0.39, 0.29) is 23.8 Å². The molecule has 3 aromatic rings. The number of nitrogens with one attached hydrogen (secondary N) is 2. The van der Waals surface area contributed by atoms with Crippen molar-refractivity contribution in [3.05, 3.63) is 30.1 Å². The number of halogens is 1. The Labute approximate surface area is 202 Å². The molecule has 1 aliphatic rings. The van der Waals surface area contributed by atoms with Gasteiger partial charge in [-0.15, -0.1) is 5.10 Å². The van der Waals surface area contributed by atoms with Crippen LogP contribution >= 0.6 is 11.3 Å². The van der Waals surface area contributed by atoms with Gasteiger partial charge in [-0.25, -0.2) is 9.37 Å². The van der Waals surface area contributed by atoms with Gasteiger partial charge < -0.3 is 20.3 Å². The van der Waals surface area contributed by atoms with E-state index in [4.69, 9.17) is 14.8 Å². The SMILES string of the molecule is CN(CC(=O)NCCN1CCOCC1)c1nn2c(NC(C)(C)C)c(-c3cccc(F)c3)nc2s1. The fourth-order valence-electron chi connectivity index (χ4n) is 3.71. The van der Waals surface area contributed by atoms with E-state index in [1.165, 1.54) is 23.5 Å². The molecule has 0 radical (unpaired) electrons.